The zero-order chi connectivity index (χ0) is 12.1. The summed E-state index contributed by atoms with van der Waals surface area (Å²) in [6, 6.07) is 9.04. The fraction of sp³-hybridized carbons (Fsp3) is 0.0833. The van der Waals surface area contributed by atoms with Gasteiger partial charge in [-0.05, 0) is 34.1 Å². The van der Waals surface area contributed by atoms with Crippen LogP contribution in [-0.4, -0.2) is 9.97 Å². The molecule has 0 amide bonds. The van der Waals surface area contributed by atoms with Gasteiger partial charge in [0.25, 0.3) is 0 Å². The van der Waals surface area contributed by atoms with Crippen molar-refractivity contribution in [1.82, 2.24) is 9.97 Å². The van der Waals surface area contributed by atoms with Gasteiger partial charge in [0.15, 0.2) is 6.04 Å². The minimum atomic E-state index is -0.479. The average Bonchev–Trinajstić information content (AvgIpc) is 2.37. The minimum Gasteiger partial charge on any atom is -0.364 e. The van der Waals surface area contributed by atoms with Crippen LogP contribution in [0.5, 0.6) is 0 Å². The van der Waals surface area contributed by atoms with E-state index in [1.54, 1.807) is 18.6 Å². The lowest BCUT2D eigenvalue weighted by Crippen LogP contribution is -2.10. The van der Waals surface area contributed by atoms with Crippen molar-refractivity contribution in [3.63, 3.8) is 0 Å². The Morgan fingerprint density at radius 3 is 2.88 bits per heavy atom. The molecule has 0 aliphatic rings. The van der Waals surface area contributed by atoms with Crippen LogP contribution in [0.25, 0.3) is 0 Å². The monoisotopic (exact) mass is 288 g/mol. The number of nitrogens with one attached hydrogen (secondary N) is 1. The molecule has 0 aromatic carbocycles. The number of anilines is 1. The molecule has 5 heteroatoms. The Morgan fingerprint density at radius 2 is 2.24 bits per heavy atom. The first-order valence-corrected chi connectivity index (χ1v) is 5.76. The molecule has 2 heterocycles. The molecule has 2 aromatic heterocycles. The van der Waals surface area contributed by atoms with Crippen LogP contribution in [0.3, 0.4) is 0 Å². The first kappa shape index (κ1) is 11.6. The average molecular weight is 289 g/mol. The highest BCUT2D eigenvalue weighted by molar-refractivity contribution is 9.10. The van der Waals surface area contributed by atoms with Crippen molar-refractivity contribution in [3.05, 3.63) is 53.0 Å². The first-order valence-electron chi connectivity index (χ1n) is 4.97. The van der Waals surface area contributed by atoms with Gasteiger partial charge in [-0.2, -0.15) is 5.26 Å². The molecule has 2 rings (SSSR count). The normalized spacial score (nSPS) is 11.5. The summed E-state index contributed by atoms with van der Waals surface area (Å²) in [6.45, 7) is 0. The summed E-state index contributed by atoms with van der Waals surface area (Å²) in [5, 5.41) is 12.2. The van der Waals surface area contributed by atoms with Gasteiger partial charge in [0.05, 0.1) is 23.6 Å². The van der Waals surface area contributed by atoms with E-state index >= 15 is 0 Å². The summed E-state index contributed by atoms with van der Waals surface area (Å²) in [7, 11) is 0. The van der Waals surface area contributed by atoms with Crippen molar-refractivity contribution in [2.45, 2.75) is 6.04 Å². The number of nitriles is 1. The van der Waals surface area contributed by atoms with Gasteiger partial charge >= 0.3 is 0 Å². The lowest BCUT2D eigenvalue weighted by molar-refractivity contribution is 0.932. The van der Waals surface area contributed by atoms with E-state index in [1.807, 2.05) is 24.3 Å². The summed E-state index contributed by atoms with van der Waals surface area (Å²) >= 11 is 3.33. The molecule has 0 aliphatic heterocycles. The highest BCUT2D eigenvalue weighted by atomic mass is 79.9. The van der Waals surface area contributed by atoms with Crippen LogP contribution in [0, 0.1) is 11.3 Å². The summed E-state index contributed by atoms with van der Waals surface area (Å²) < 4.78 is 0.861. The van der Waals surface area contributed by atoms with Gasteiger partial charge in [-0.25, -0.2) is 0 Å². The maximum atomic E-state index is 9.13. The van der Waals surface area contributed by atoms with Crippen molar-refractivity contribution in [2.75, 3.05) is 5.32 Å². The second kappa shape index (κ2) is 5.41. The summed E-state index contributed by atoms with van der Waals surface area (Å²) in [5.74, 6) is 0. The Bertz CT molecular complexity index is 536. The van der Waals surface area contributed by atoms with Crippen LogP contribution < -0.4 is 5.32 Å². The van der Waals surface area contributed by atoms with E-state index in [1.165, 1.54) is 0 Å². The van der Waals surface area contributed by atoms with E-state index in [0.717, 1.165) is 10.2 Å². The second-order valence-electron chi connectivity index (χ2n) is 3.35. The van der Waals surface area contributed by atoms with Crippen LogP contribution in [0.15, 0.2) is 47.3 Å². The Balaban J connectivity index is 2.20. The summed E-state index contributed by atoms with van der Waals surface area (Å²) in [6.07, 6.45) is 5.02. The third-order valence-corrected chi connectivity index (χ3v) is 2.56. The maximum absolute atomic E-state index is 9.13. The predicted octanol–water partition coefficient (Wildman–Crippen LogP) is 2.92. The van der Waals surface area contributed by atoms with Crippen LogP contribution in [0.4, 0.5) is 5.69 Å². The fourth-order valence-electron chi connectivity index (χ4n) is 1.38. The van der Waals surface area contributed by atoms with Crippen LogP contribution in [0.2, 0.25) is 0 Å². The molecule has 0 aliphatic carbocycles. The van der Waals surface area contributed by atoms with Crippen molar-refractivity contribution >= 4 is 21.6 Å². The molecule has 0 radical (unpaired) electrons. The number of halogens is 1. The number of rotatable bonds is 3. The third-order valence-electron chi connectivity index (χ3n) is 2.13. The lowest BCUT2D eigenvalue weighted by Gasteiger charge is -2.11. The van der Waals surface area contributed by atoms with Crippen LogP contribution >= 0.6 is 15.9 Å². The SMILES string of the molecule is N#C[C@@H](Nc1cncc(Br)c1)c1ccccn1. The lowest BCUT2D eigenvalue weighted by atomic mass is 10.2. The molecule has 0 saturated carbocycles. The van der Waals surface area contributed by atoms with Crippen molar-refractivity contribution in [1.29, 1.82) is 5.26 Å². The molecule has 84 valence electrons. The topological polar surface area (TPSA) is 61.6 Å². The van der Waals surface area contributed by atoms with Crippen molar-refractivity contribution in [3.8, 4) is 6.07 Å². The summed E-state index contributed by atoms with van der Waals surface area (Å²) in [4.78, 5) is 8.18. The standard InChI is InChI=1S/C12H9BrN4/c13-9-5-10(8-15-7-9)17-12(6-14)11-3-1-2-4-16-11/h1-5,7-8,12,17H/t12-/m1/s1. The molecular weight excluding hydrogens is 280 g/mol. The van der Waals surface area contributed by atoms with Gasteiger partial charge in [-0.1, -0.05) is 6.07 Å². The van der Waals surface area contributed by atoms with Gasteiger partial charge in [0.1, 0.15) is 0 Å². The molecule has 2 aromatic rings. The molecule has 4 nitrogen and oxygen atoms in total. The Hall–Kier alpha value is -1.93. The molecular formula is C12H9BrN4. The van der Waals surface area contributed by atoms with Crippen molar-refractivity contribution in [2.24, 2.45) is 0 Å². The van der Waals surface area contributed by atoms with Gasteiger partial charge in [0, 0.05) is 16.9 Å². The molecule has 17 heavy (non-hydrogen) atoms. The minimum absolute atomic E-state index is 0.479. The smallest absolute Gasteiger partial charge is 0.157 e. The highest BCUT2D eigenvalue weighted by Gasteiger charge is 2.11. The Labute approximate surface area is 107 Å². The number of pyridine rings is 2. The second-order valence-corrected chi connectivity index (χ2v) is 4.27. The molecule has 1 N–H and O–H groups in total. The fourth-order valence-corrected chi connectivity index (χ4v) is 1.74. The van der Waals surface area contributed by atoms with E-state index < -0.39 is 6.04 Å². The summed E-state index contributed by atoms with van der Waals surface area (Å²) in [5.41, 5.74) is 1.46. The maximum Gasteiger partial charge on any atom is 0.157 e. The zero-order valence-corrected chi connectivity index (χ0v) is 10.4. The van der Waals surface area contributed by atoms with Gasteiger partial charge < -0.3 is 5.32 Å². The van der Waals surface area contributed by atoms with Gasteiger partial charge in [0.2, 0.25) is 0 Å². The Kier molecular flexibility index (Phi) is 3.68. The highest BCUT2D eigenvalue weighted by Crippen LogP contribution is 2.19. The third kappa shape index (κ3) is 3.02. The molecule has 0 bridgehead atoms. The van der Waals surface area contributed by atoms with Crippen LogP contribution in [0.1, 0.15) is 11.7 Å². The zero-order valence-electron chi connectivity index (χ0n) is 8.84. The van der Waals surface area contributed by atoms with E-state index in [9.17, 15) is 0 Å². The first-order chi connectivity index (χ1) is 8.29. The number of hydrogen-bond acceptors (Lipinski definition) is 4. The van der Waals surface area contributed by atoms with E-state index in [0.29, 0.717) is 5.69 Å². The van der Waals surface area contributed by atoms with E-state index in [4.69, 9.17) is 5.26 Å². The van der Waals surface area contributed by atoms with Crippen molar-refractivity contribution < 1.29 is 0 Å². The van der Waals surface area contributed by atoms with E-state index in [-0.39, 0.29) is 0 Å². The molecule has 1 atom stereocenters. The Morgan fingerprint density at radius 1 is 1.35 bits per heavy atom. The van der Waals surface area contributed by atoms with Crippen LogP contribution in [-0.2, 0) is 0 Å². The number of nitrogens with zero attached hydrogens (tertiary/aromatic N) is 3. The van der Waals surface area contributed by atoms with Gasteiger partial charge in [-0.15, -0.1) is 0 Å². The predicted molar refractivity (Wildman–Crippen MR) is 68.2 cm³/mol. The quantitative estimate of drug-likeness (QED) is 0.943. The van der Waals surface area contributed by atoms with E-state index in [2.05, 4.69) is 37.3 Å². The number of hydrogen-bond donors (Lipinski definition) is 1. The molecule has 0 saturated heterocycles. The number of aromatic nitrogens is 2. The molecule has 0 spiro atoms. The van der Waals surface area contributed by atoms with Gasteiger partial charge in [-0.3, -0.25) is 9.97 Å². The largest absolute Gasteiger partial charge is 0.364 e. The molecule has 0 fully saturated rings. The molecule has 0 unspecified atom stereocenters.